The number of benzene rings is 1. The molecule has 90 valence electrons. The molecular formula is C12H18BrNO2. The summed E-state index contributed by atoms with van der Waals surface area (Å²) in [7, 11) is 1.91. The van der Waals surface area contributed by atoms with Crippen LogP contribution in [-0.2, 0) is 0 Å². The van der Waals surface area contributed by atoms with Crippen LogP contribution in [0.25, 0.3) is 0 Å². The SMILES string of the molecule is CNC(C)c1ccc(Br)cc1OCC(C)O. The van der Waals surface area contributed by atoms with Crippen molar-refractivity contribution < 1.29 is 9.84 Å². The Bertz CT molecular complexity index is 342. The van der Waals surface area contributed by atoms with Crippen molar-refractivity contribution in [2.24, 2.45) is 0 Å². The fourth-order valence-electron chi connectivity index (χ4n) is 1.36. The minimum Gasteiger partial charge on any atom is -0.491 e. The zero-order valence-corrected chi connectivity index (χ0v) is 11.4. The van der Waals surface area contributed by atoms with Crippen LogP contribution >= 0.6 is 15.9 Å². The topological polar surface area (TPSA) is 41.5 Å². The molecule has 0 amide bonds. The van der Waals surface area contributed by atoms with Crippen LogP contribution in [-0.4, -0.2) is 24.9 Å². The van der Waals surface area contributed by atoms with Crippen LogP contribution in [0, 0.1) is 0 Å². The molecule has 1 rings (SSSR count). The molecule has 0 spiro atoms. The normalized spacial score (nSPS) is 14.6. The molecule has 0 fully saturated rings. The van der Waals surface area contributed by atoms with Crippen molar-refractivity contribution >= 4 is 15.9 Å². The van der Waals surface area contributed by atoms with E-state index in [0.29, 0.717) is 6.61 Å². The Morgan fingerprint density at radius 3 is 2.69 bits per heavy atom. The second-order valence-corrected chi connectivity index (χ2v) is 4.77. The molecule has 0 saturated heterocycles. The molecule has 0 bridgehead atoms. The van der Waals surface area contributed by atoms with Gasteiger partial charge in [0, 0.05) is 16.1 Å². The van der Waals surface area contributed by atoms with Crippen LogP contribution in [0.1, 0.15) is 25.5 Å². The Morgan fingerprint density at radius 2 is 2.12 bits per heavy atom. The molecule has 1 aromatic carbocycles. The largest absolute Gasteiger partial charge is 0.491 e. The molecule has 16 heavy (non-hydrogen) atoms. The average Bonchev–Trinajstić information content (AvgIpc) is 2.25. The number of hydrogen-bond acceptors (Lipinski definition) is 3. The summed E-state index contributed by atoms with van der Waals surface area (Å²) in [5.74, 6) is 0.803. The van der Waals surface area contributed by atoms with E-state index in [4.69, 9.17) is 4.74 Å². The summed E-state index contributed by atoms with van der Waals surface area (Å²) in [5.41, 5.74) is 1.09. The molecule has 4 heteroatoms. The van der Waals surface area contributed by atoms with Crippen molar-refractivity contribution in [3.63, 3.8) is 0 Å². The molecule has 2 unspecified atom stereocenters. The lowest BCUT2D eigenvalue weighted by atomic mass is 10.1. The molecule has 0 radical (unpaired) electrons. The first-order valence-electron chi connectivity index (χ1n) is 5.32. The summed E-state index contributed by atoms with van der Waals surface area (Å²) in [6.07, 6.45) is -0.461. The van der Waals surface area contributed by atoms with Crippen molar-refractivity contribution in [3.05, 3.63) is 28.2 Å². The van der Waals surface area contributed by atoms with Crippen LogP contribution in [0.2, 0.25) is 0 Å². The van der Waals surface area contributed by atoms with Crippen molar-refractivity contribution in [2.45, 2.75) is 26.0 Å². The number of aliphatic hydroxyl groups excluding tert-OH is 1. The van der Waals surface area contributed by atoms with Gasteiger partial charge in [0.15, 0.2) is 0 Å². The van der Waals surface area contributed by atoms with E-state index in [1.807, 2.05) is 25.2 Å². The predicted octanol–water partition coefficient (Wildman–Crippen LogP) is 2.49. The van der Waals surface area contributed by atoms with Gasteiger partial charge in [-0.3, -0.25) is 0 Å². The van der Waals surface area contributed by atoms with Gasteiger partial charge in [0.1, 0.15) is 12.4 Å². The monoisotopic (exact) mass is 287 g/mol. The Morgan fingerprint density at radius 1 is 1.44 bits per heavy atom. The highest BCUT2D eigenvalue weighted by molar-refractivity contribution is 9.10. The molecule has 3 nitrogen and oxygen atoms in total. The third kappa shape index (κ3) is 3.77. The van der Waals surface area contributed by atoms with Gasteiger partial charge in [-0.15, -0.1) is 0 Å². The van der Waals surface area contributed by atoms with Gasteiger partial charge in [-0.05, 0) is 33.0 Å². The van der Waals surface area contributed by atoms with E-state index in [1.54, 1.807) is 6.92 Å². The molecule has 1 aromatic rings. The van der Waals surface area contributed by atoms with Crippen LogP contribution in [0.3, 0.4) is 0 Å². The van der Waals surface area contributed by atoms with Gasteiger partial charge in [-0.25, -0.2) is 0 Å². The first-order chi connectivity index (χ1) is 7.54. The first-order valence-corrected chi connectivity index (χ1v) is 6.11. The summed E-state index contributed by atoms with van der Waals surface area (Å²) in [6.45, 7) is 4.08. The maximum atomic E-state index is 9.22. The summed E-state index contributed by atoms with van der Waals surface area (Å²) >= 11 is 3.41. The lowest BCUT2D eigenvalue weighted by Crippen LogP contribution is -2.17. The Hall–Kier alpha value is -0.580. The third-order valence-corrected chi connectivity index (χ3v) is 2.85. The number of ether oxygens (including phenoxy) is 1. The lowest BCUT2D eigenvalue weighted by Gasteiger charge is -2.17. The van der Waals surface area contributed by atoms with Crippen molar-refractivity contribution in [2.75, 3.05) is 13.7 Å². The molecule has 0 aliphatic heterocycles. The van der Waals surface area contributed by atoms with Crippen molar-refractivity contribution in [1.82, 2.24) is 5.32 Å². The second kappa shape index (κ2) is 6.23. The minimum absolute atomic E-state index is 0.220. The zero-order chi connectivity index (χ0) is 12.1. The Labute approximate surface area is 105 Å². The third-order valence-electron chi connectivity index (χ3n) is 2.36. The molecule has 0 saturated carbocycles. The fourth-order valence-corrected chi connectivity index (χ4v) is 1.70. The van der Waals surface area contributed by atoms with E-state index < -0.39 is 6.10 Å². The molecule has 2 atom stereocenters. The van der Waals surface area contributed by atoms with Gasteiger partial charge in [0.25, 0.3) is 0 Å². The summed E-state index contributed by atoms with van der Waals surface area (Å²) in [4.78, 5) is 0. The highest BCUT2D eigenvalue weighted by Gasteiger charge is 2.11. The van der Waals surface area contributed by atoms with E-state index in [-0.39, 0.29) is 6.04 Å². The van der Waals surface area contributed by atoms with Gasteiger partial charge >= 0.3 is 0 Å². The second-order valence-electron chi connectivity index (χ2n) is 3.85. The number of aliphatic hydroxyl groups is 1. The van der Waals surface area contributed by atoms with Crippen LogP contribution < -0.4 is 10.1 Å². The van der Waals surface area contributed by atoms with Crippen molar-refractivity contribution in [3.8, 4) is 5.75 Å². The first kappa shape index (κ1) is 13.5. The predicted molar refractivity (Wildman–Crippen MR) is 68.8 cm³/mol. The van der Waals surface area contributed by atoms with Crippen molar-refractivity contribution in [1.29, 1.82) is 0 Å². The van der Waals surface area contributed by atoms with Gasteiger partial charge in [0.2, 0.25) is 0 Å². The maximum Gasteiger partial charge on any atom is 0.125 e. The number of rotatable bonds is 5. The van der Waals surface area contributed by atoms with Gasteiger partial charge in [-0.2, -0.15) is 0 Å². The maximum absolute atomic E-state index is 9.22. The minimum atomic E-state index is -0.461. The molecule has 2 N–H and O–H groups in total. The number of nitrogens with one attached hydrogen (secondary N) is 1. The van der Waals surface area contributed by atoms with Crippen LogP contribution in [0.15, 0.2) is 22.7 Å². The Balaban J connectivity index is 2.89. The average molecular weight is 288 g/mol. The van der Waals surface area contributed by atoms with Gasteiger partial charge in [-0.1, -0.05) is 22.0 Å². The smallest absolute Gasteiger partial charge is 0.125 e. The van der Waals surface area contributed by atoms with E-state index in [1.165, 1.54) is 0 Å². The number of hydrogen-bond donors (Lipinski definition) is 2. The quantitative estimate of drug-likeness (QED) is 0.874. The molecular weight excluding hydrogens is 270 g/mol. The summed E-state index contributed by atoms with van der Waals surface area (Å²) < 4.78 is 6.55. The van der Waals surface area contributed by atoms with E-state index >= 15 is 0 Å². The molecule has 0 aliphatic carbocycles. The van der Waals surface area contributed by atoms with Gasteiger partial charge < -0.3 is 15.2 Å². The molecule has 0 heterocycles. The highest BCUT2D eigenvalue weighted by atomic mass is 79.9. The van der Waals surface area contributed by atoms with E-state index in [0.717, 1.165) is 15.8 Å². The zero-order valence-electron chi connectivity index (χ0n) is 9.83. The Kier molecular flexibility index (Phi) is 5.25. The van der Waals surface area contributed by atoms with E-state index in [9.17, 15) is 5.11 Å². The van der Waals surface area contributed by atoms with Gasteiger partial charge in [0.05, 0.1) is 6.10 Å². The highest BCUT2D eigenvalue weighted by Crippen LogP contribution is 2.28. The summed E-state index contributed by atoms with van der Waals surface area (Å²) in [5, 5.41) is 12.4. The number of halogens is 1. The lowest BCUT2D eigenvalue weighted by molar-refractivity contribution is 0.122. The standard InChI is InChI=1S/C12H18BrNO2/c1-8(15)7-16-12-6-10(13)4-5-11(12)9(2)14-3/h4-6,8-9,14-15H,7H2,1-3H3. The van der Waals surface area contributed by atoms with E-state index in [2.05, 4.69) is 28.2 Å². The fraction of sp³-hybridized carbons (Fsp3) is 0.500. The molecule has 0 aromatic heterocycles. The van der Waals surface area contributed by atoms with Crippen LogP contribution in [0.4, 0.5) is 0 Å². The summed E-state index contributed by atoms with van der Waals surface area (Å²) in [6, 6.07) is 6.14. The van der Waals surface area contributed by atoms with Crippen LogP contribution in [0.5, 0.6) is 5.75 Å². The molecule has 0 aliphatic rings.